The highest BCUT2D eigenvalue weighted by Crippen LogP contribution is 2.27. The summed E-state index contributed by atoms with van der Waals surface area (Å²) in [5.74, 6) is -5.49. The normalized spacial score (nSPS) is 11.9. The lowest BCUT2D eigenvalue weighted by atomic mass is 10.0. The number of ether oxygens (including phenoxy) is 1. The molecule has 3 nitrogen and oxygen atoms in total. The monoisotopic (exact) mass is 514 g/mol. The number of nitrogens with zero attached hydrogens (tertiary/aromatic N) is 2. The van der Waals surface area contributed by atoms with Crippen molar-refractivity contribution < 1.29 is 31.1 Å². The van der Waals surface area contributed by atoms with Gasteiger partial charge >= 0.3 is 6.01 Å². The van der Waals surface area contributed by atoms with E-state index in [1.54, 1.807) is 25.1 Å². The van der Waals surface area contributed by atoms with E-state index < -0.39 is 35.1 Å². The van der Waals surface area contributed by atoms with Gasteiger partial charge in [0.05, 0.1) is 6.61 Å². The van der Waals surface area contributed by atoms with Crippen molar-refractivity contribution in [2.24, 2.45) is 0 Å². The van der Waals surface area contributed by atoms with E-state index in [4.69, 9.17) is 0 Å². The zero-order valence-electron chi connectivity index (χ0n) is 19.5. The van der Waals surface area contributed by atoms with Gasteiger partial charge < -0.3 is 4.74 Å². The molecule has 37 heavy (non-hydrogen) atoms. The number of benzene rings is 3. The number of aromatic nitrogens is 2. The second-order valence-corrected chi connectivity index (χ2v) is 8.07. The molecule has 3 aromatic carbocycles. The van der Waals surface area contributed by atoms with E-state index in [9.17, 15) is 26.3 Å². The van der Waals surface area contributed by atoms with Crippen LogP contribution in [0.15, 0.2) is 73.0 Å². The Hall–Kier alpha value is -4.14. The van der Waals surface area contributed by atoms with Gasteiger partial charge in [-0.15, -0.1) is 0 Å². The van der Waals surface area contributed by atoms with Crippen molar-refractivity contribution in [3.63, 3.8) is 0 Å². The Morgan fingerprint density at radius 2 is 1.35 bits per heavy atom. The predicted molar refractivity (Wildman–Crippen MR) is 127 cm³/mol. The van der Waals surface area contributed by atoms with Gasteiger partial charge in [-0.1, -0.05) is 36.4 Å². The molecule has 0 radical (unpaired) electrons. The number of aryl methyl sites for hydroxylation is 2. The van der Waals surface area contributed by atoms with Gasteiger partial charge in [-0.2, -0.15) is 8.78 Å². The molecule has 0 bridgehead atoms. The molecule has 190 valence electrons. The number of hydrogen-bond donors (Lipinski definition) is 0. The molecule has 1 aromatic heterocycles. The first-order valence-corrected chi connectivity index (χ1v) is 11.3. The van der Waals surface area contributed by atoms with E-state index >= 15 is 0 Å². The Morgan fingerprint density at radius 1 is 0.730 bits per heavy atom. The Morgan fingerprint density at radius 3 is 1.95 bits per heavy atom. The smallest absolute Gasteiger partial charge is 0.309 e. The van der Waals surface area contributed by atoms with Crippen LogP contribution < -0.4 is 0 Å². The average molecular weight is 514 g/mol. The van der Waals surface area contributed by atoms with Crippen molar-refractivity contribution in [1.29, 1.82) is 0 Å². The largest absolute Gasteiger partial charge is 0.469 e. The van der Waals surface area contributed by atoms with Crippen LogP contribution in [0.5, 0.6) is 0 Å². The lowest BCUT2D eigenvalue weighted by Gasteiger charge is -2.08. The van der Waals surface area contributed by atoms with Gasteiger partial charge in [0.15, 0.2) is 23.3 Å². The van der Waals surface area contributed by atoms with E-state index in [2.05, 4.69) is 14.7 Å². The SMILES string of the molecule is CCO/C(F)=C(\F)c1ccc(-c2cnc(-c3ccc(CCc4cc(F)c(F)c(F)c4)c(F)c3)nc2)cc1. The molecule has 0 fully saturated rings. The van der Waals surface area contributed by atoms with Crippen LogP contribution in [0.1, 0.15) is 23.6 Å². The third-order valence-electron chi connectivity index (χ3n) is 5.61. The summed E-state index contributed by atoms with van der Waals surface area (Å²) in [4.78, 5) is 8.53. The van der Waals surface area contributed by atoms with Crippen LogP contribution in [0.25, 0.3) is 28.3 Å². The van der Waals surface area contributed by atoms with Crippen molar-refractivity contribution in [3.05, 3.63) is 113 Å². The predicted octanol–water partition coefficient (Wildman–Crippen LogP) is 7.75. The highest BCUT2D eigenvalue weighted by Gasteiger charge is 2.13. The number of halogens is 6. The van der Waals surface area contributed by atoms with Crippen molar-refractivity contribution in [2.45, 2.75) is 19.8 Å². The molecular formula is C28H20F6N2O. The Bertz CT molecular complexity index is 1410. The van der Waals surface area contributed by atoms with Crippen molar-refractivity contribution in [2.75, 3.05) is 6.61 Å². The van der Waals surface area contributed by atoms with E-state index in [1.807, 2.05) is 0 Å². The van der Waals surface area contributed by atoms with E-state index in [0.29, 0.717) is 22.3 Å². The molecule has 0 aliphatic heterocycles. The fraction of sp³-hybridized carbons (Fsp3) is 0.143. The standard InChI is InChI=1S/C28H20F6N2O/c1-2-37-27(34)25(32)19-8-5-17(6-9-19)21-14-35-28(36-15-21)20-10-7-18(22(29)13-20)4-3-16-11-23(30)26(33)24(31)12-16/h5-15H,2-4H2,1H3/b27-25-. The zero-order chi connectivity index (χ0) is 26.5. The summed E-state index contributed by atoms with van der Waals surface area (Å²) in [6, 6.07) is 10.9. The molecule has 0 saturated carbocycles. The Kier molecular flexibility index (Phi) is 7.91. The summed E-state index contributed by atoms with van der Waals surface area (Å²) >= 11 is 0. The molecule has 0 N–H and O–H groups in total. The van der Waals surface area contributed by atoms with Gasteiger partial charge in [0.1, 0.15) is 5.82 Å². The van der Waals surface area contributed by atoms with Crippen LogP contribution >= 0.6 is 0 Å². The van der Waals surface area contributed by atoms with Gasteiger partial charge in [0.2, 0.25) is 5.83 Å². The molecule has 0 saturated heterocycles. The second kappa shape index (κ2) is 11.3. The average Bonchev–Trinajstić information content (AvgIpc) is 2.91. The summed E-state index contributed by atoms with van der Waals surface area (Å²) in [6.45, 7) is 1.55. The lowest BCUT2D eigenvalue weighted by Crippen LogP contribution is -1.99. The molecule has 0 spiro atoms. The molecule has 0 unspecified atom stereocenters. The fourth-order valence-electron chi connectivity index (χ4n) is 3.66. The molecule has 0 aliphatic rings. The van der Waals surface area contributed by atoms with Gasteiger partial charge in [0.25, 0.3) is 0 Å². The van der Waals surface area contributed by atoms with E-state index in [1.165, 1.54) is 36.7 Å². The van der Waals surface area contributed by atoms with Gasteiger partial charge in [0, 0.05) is 29.1 Å². The third-order valence-corrected chi connectivity index (χ3v) is 5.61. The zero-order valence-corrected chi connectivity index (χ0v) is 19.5. The van der Waals surface area contributed by atoms with Crippen molar-refractivity contribution >= 4 is 5.83 Å². The third kappa shape index (κ3) is 5.99. The minimum Gasteiger partial charge on any atom is -0.469 e. The minimum atomic E-state index is -1.54. The van der Waals surface area contributed by atoms with Crippen molar-refractivity contribution in [1.82, 2.24) is 9.97 Å². The molecular weight excluding hydrogens is 494 g/mol. The van der Waals surface area contributed by atoms with E-state index in [-0.39, 0.29) is 36.4 Å². The lowest BCUT2D eigenvalue weighted by molar-refractivity contribution is 0.156. The van der Waals surface area contributed by atoms with Crippen LogP contribution in [-0.2, 0) is 17.6 Å². The summed E-state index contributed by atoms with van der Waals surface area (Å²) in [7, 11) is 0. The van der Waals surface area contributed by atoms with Gasteiger partial charge in [-0.3, -0.25) is 0 Å². The van der Waals surface area contributed by atoms with Crippen LogP contribution in [-0.4, -0.2) is 16.6 Å². The quantitative estimate of drug-likeness (QED) is 0.137. The summed E-state index contributed by atoms with van der Waals surface area (Å²) < 4.78 is 86.6. The molecule has 0 amide bonds. The maximum Gasteiger partial charge on any atom is 0.309 e. The molecule has 0 aliphatic carbocycles. The van der Waals surface area contributed by atoms with E-state index in [0.717, 1.165) is 12.1 Å². The molecule has 0 atom stereocenters. The Balaban J connectivity index is 1.45. The molecule has 4 rings (SSSR count). The number of rotatable bonds is 8. The molecule has 1 heterocycles. The Labute approximate surface area is 209 Å². The van der Waals surface area contributed by atoms with Crippen LogP contribution in [0.3, 0.4) is 0 Å². The highest BCUT2D eigenvalue weighted by molar-refractivity contribution is 5.68. The van der Waals surface area contributed by atoms with Crippen LogP contribution in [0, 0.1) is 23.3 Å². The first-order chi connectivity index (χ1) is 17.8. The first-order valence-electron chi connectivity index (χ1n) is 11.3. The van der Waals surface area contributed by atoms with Crippen LogP contribution in [0.4, 0.5) is 26.3 Å². The number of hydrogen-bond acceptors (Lipinski definition) is 3. The topological polar surface area (TPSA) is 35.0 Å². The summed E-state index contributed by atoms with van der Waals surface area (Å²) in [5.41, 5.74) is 2.24. The summed E-state index contributed by atoms with van der Waals surface area (Å²) in [5, 5.41) is 0. The maximum absolute atomic E-state index is 14.7. The molecule has 9 heteroatoms. The molecule has 4 aromatic rings. The first kappa shape index (κ1) is 25.9. The van der Waals surface area contributed by atoms with Crippen LogP contribution in [0.2, 0.25) is 0 Å². The van der Waals surface area contributed by atoms with Gasteiger partial charge in [-0.25, -0.2) is 27.5 Å². The fourth-order valence-corrected chi connectivity index (χ4v) is 3.66. The maximum atomic E-state index is 14.7. The highest BCUT2D eigenvalue weighted by atomic mass is 19.2. The minimum absolute atomic E-state index is 0.00605. The second-order valence-electron chi connectivity index (χ2n) is 8.07. The summed E-state index contributed by atoms with van der Waals surface area (Å²) in [6.07, 6.45) is 3.31. The van der Waals surface area contributed by atoms with Gasteiger partial charge in [-0.05, 0) is 54.7 Å². The van der Waals surface area contributed by atoms with Crippen molar-refractivity contribution in [3.8, 4) is 22.5 Å².